The first-order chi connectivity index (χ1) is 4.72. The Balaban J connectivity index is 2.39. The second-order valence-electron chi connectivity index (χ2n) is 2.76. The van der Waals surface area contributed by atoms with Crippen molar-refractivity contribution in [3.63, 3.8) is 0 Å². The molecule has 2 atom stereocenters. The van der Waals surface area contributed by atoms with E-state index in [-0.39, 0.29) is 11.8 Å². The third-order valence-corrected chi connectivity index (χ3v) is 1.90. The summed E-state index contributed by atoms with van der Waals surface area (Å²) in [5, 5.41) is 12.3. The van der Waals surface area contributed by atoms with E-state index in [1.165, 1.54) is 6.92 Å². The fourth-order valence-electron chi connectivity index (χ4n) is 1.26. The maximum Gasteiger partial charge on any atom is 0.159 e. The molecule has 0 amide bonds. The predicted octanol–water partition coefficient (Wildman–Crippen LogP) is -0.312. The minimum absolute atomic E-state index is 0.0116. The van der Waals surface area contributed by atoms with Crippen LogP contribution in [0, 0.1) is 0 Å². The molecule has 3 nitrogen and oxygen atoms in total. The average Bonchev–Trinajstić information content (AvgIpc) is 2.36. The standard InChI is InChI=1S/C7H13NO2/c1-5(9)7(10)6-3-2-4-8-6/h6-8,10H,2-4H2,1H3. The van der Waals surface area contributed by atoms with E-state index in [1.807, 2.05) is 0 Å². The van der Waals surface area contributed by atoms with Crippen LogP contribution in [0.1, 0.15) is 19.8 Å². The molecule has 1 heterocycles. The zero-order chi connectivity index (χ0) is 7.56. The second kappa shape index (κ2) is 3.12. The molecule has 10 heavy (non-hydrogen) atoms. The molecule has 1 aliphatic rings. The van der Waals surface area contributed by atoms with E-state index in [2.05, 4.69) is 5.32 Å². The summed E-state index contributed by atoms with van der Waals surface area (Å²) in [6.45, 7) is 2.35. The van der Waals surface area contributed by atoms with Gasteiger partial charge in [0.2, 0.25) is 0 Å². The normalized spacial score (nSPS) is 28.4. The summed E-state index contributed by atoms with van der Waals surface area (Å²) >= 11 is 0. The van der Waals surface area contributed by atoms with Gasteiger partial charge in [0.25, 0.3) is 0 Å². The van der Waals surface area contributed by atoms with Crippen molar-refractivity contribution in [2.75, 3.05) is 6.54 Å². The van der Waals surface area contributed by atoms with E-state index in [4.69, 9.17) is 0 Å². The van der Waals surface area contributed by atoms with Crippen molar-refractivity contribution in [3.05, 3.63) is 0 Å². The van der Waals surface area contributed by atoms with Gasteiger partial charge in [-0.1, -0.05) is 0 Å². The number of aliphatic hydroxyl groups is 1. The fraction of sp³-hybridized carbons (Fsp3) is 0.857. The van der Waals surface area contributed by atoms with Gasteiger partial charge in [0.1, 0.15) is 6.10 Å². The average molecular weight is 143 g/mol. The van der Waals surface area contributed by atoms with Crippen LogP contribution in [-0.2, 0) is 4.79 Å². The Morgan fingerprint density at radius 1 is 1.80 bits per heavy atom. The van der Waals surface area contributed by atoms with Gasteiger partial charge >= 0.3 is 0 Å². The van der Waals surface area contributed by atoms with Crippen molar-refractivity contribution in [1.29, 1.82) is 0 Å². The van der Waals surface area contributed by atoms with Gasteiger partial charge in [-0.15, -0.1) is 0 Å². The Kier molecular flexibility index (Phi) is 2.40. The monoisotopic (exact) mass is 143 g/mol. The highest BCUT2D eigenvalue weighted by Gasteiger charge is 2.25. The van der Waals surface area contributed by atoms with Crippen LogP contribution >= 0.6 is 0 Å². The van der Waals surface area contributed by atoms with Crippen LogP contribution in [0.3, 0.4) is 0 Å². The number of hydrogen-bond acceptors (Lipinski definition) is 3. The zero-order valence-electron chi connectivity index (χ0n) is 6.13. The molecule has 0 aromatic carbocycles. The zero-order valence-corrected chi connectivity index (χ0v) is 6.13. The maximum absolute atomic E-state index is 10.6. The highest BCUT2D eigenvalue weighted by molar-refractivity contribution is 5.80. The third kappa shape index (κ3) is 1.55. The number of hydrogen-bond donors (Lipinski definition) is 2. The molecule has 1 rings (SSSR count). The summed E-state index contributed by atoms with van der Waals surface area (Å²) in [5.74, 6) is -0.139. The summed E-state index contributed by atoms with van der Waals surface area (Å²) < 4.78 is 0. The molecule has 0 aromatic rings. The van der Waals surface area contributed by atoms with Gasteiger partial charge in [0, 0.05) is 6.04 Å². The smallest absolute Gasteiger partial charge is 0.159 e. The molecule has 0 aliphatic carbocycles. The van der Waals surface area contributed by atoms with Gasteiger partial charge in [-0.05, 0) is 26.3 Å². The summed E-state index contributed by atoms with van der Waals surface area (Å²) in [7, 11) is 0. The Morgan fingerprint density at radius 2 is 2.50 bits per heavy atom. The van der Waals surface area contributed by atoms with Crippen LogP contribution in [0.15, 0.2) is 0 Å². The molecule has 0 saturated carbocycles. The molecule has 0 radical (unpaired) electrons. The van der Waals surface area contributed by atoms with Crippen LogP contribution in [0.2, 0.25) is 0 Å². The quantitative estimate of drug-likeness (QED) is 0.557. The van der Waals surface area contributed by atoms with Gasteiger partial charge in [-0.25, -0.2) is 0 Å². The van der Waals surface area contributed by atoms with E-state index in [0.29, 0.717) is 0 Å². The number of aliphatic hydroxyl groups excluding tert-OH is 1. The fourth-order valence-corrected chi connectivity index (χ4v) is 1.26. The maximum atomic E-state index is 10.6. The molecule has 1 fully saturated rings. The Hall–Kier alpha value is -0.410. The Morgan fingerprint density at radius 3 is 2.90 bits per heavy atom. The van der Waals surface area contributed by atoms with Gasteiger partial charge in [0.05, 0.1) is 0 Å². The van der Waals surface area contributed by atoms with Crippen molar-refractivity contribution in [2.45, 2.75) is 31.9 Å². The number of rotatable bonds is 2. The van der Waals surface area contributed by atoms with E-state index in [0.717, 1.165) is 19.4 Å². The van der Waals surface area contributed by atoms with E-state index >= 15 is 0 Å². The molecule has 0 spiro atoms. The van der Waals surface area contributed by atoms with Crippen molar-refractivity contribution in [3.8, 4) is 0 Å². The molecular formula is C7H13NO2. The van der Waals surface area contributed by atoms with Crippen LogP contribution in [0.25, 0.3) is 0 Å². The first-order valence-electron chi connectivity index (χ1n) is 3.63. The highest BCUT2D eigenvalue weighted by atomic mass is 16.3. The van der Waals surface area contributed by atoms with Crippen molar-refractivity contribution in [1.82, 2.24) is 5.32 Å². The molecule has 2 unspecified atom stereocenters. The lowest BCUT2D eigenvalue weighted by atomic mass is 10.1. The largest absolute Gasteiger partial charge is 0.384 e. The number of ketones is 1. The van der Waals surface area contributed by atoms with Crippen LogP contribution in [0.5, 0.6) is 0 Å². The molecule has 3 heteroatoms. The van der Waals surface area contributed by atoms with E-state index < -0.39 is 6.10 Å². The summed E-state index contributed by atoms with van der Waals surface area (Å²) in [5.41, 5.74) is 0. The molecule has 1 saturated heterocycles. The Labute approximate surface area is 60.4 Å². The van der Waals surface area contributed by atoms with Crippen molar-refractivity contribution < 1.29 is 9.90 Å². The van der Waals surface area contributed by atoms with Gasteiger partial charge in [-0.3, -0.25) is 4.79 Å². The molecule has 2 N–H and O–H groups in total. The third-order valence-electron chi connectivity index (χ3n) is 1.90. The van der Waals surface area contributed by atoms with Gasteiger partial charge in [0.15, 0.2) is 5.78 Å². The molecular weight excluding hydrogens is 130 g/mol. The molecule has 0 bridgehead atoms. The number of nitrogens with one attached hydrogen (secondary N) is 1. The van der Waals surface area contributed by atoms with E-state index in [9.17, 15) is 9.90 Å². The van der Waals surface area contributed by atoms with Crippen LogP contribution in [0.4, 0.5) is 0 Å². The van der Waals surface area contributed by atoms with Crippen molar-refractivity contribution in [2.24, 2.45) is 0 Å². The molecule has 58 valence electrons. The molecule has 1 aliphatic heterocycles. The summed E-state index contributed by atoms with van der Waals surface area (Å²) in [6, 6.07) is 0.0116. The van der Waals surface area contributed by atoms with Crippen LogP contribution < -0.4 is 5.32 Å². The topological polar surface area (TPSA) is 49.3 Å². The lowest BCUT2D eigenvalue weighted by Gasteiger charge is -2.14. The lowest BCUT2D eigenvalue weighted by Crippen LogP contribution is -2.39. The predicted molar refractivity (Wildman–Crippen MR) is 37.7 cm³/mol. The Bertz CT molecular complexity index is 130. The summed E-state index contributed by atoms with van der Waals surface area (Å²) in [6.07, 6.45) is 1.19. The van der Waals surface area contributed by atoms with Gasteiger partial charge < -0.3 is 10.4 Å². The SMILES string of the molecule is CC(=O)C(O)C1CCCN1. The first-order valence-corrected chi connectivity index (χ1v) is 3.63. The second-order valence-corrected chi connectivity index (χ2v) is 2.76. The van der Waals surface area contributed by atoms with Crippen LogP contribution in [-0.4, -0.2) is 29.6 Å². The highest BCUT2D eigenvalue weighted by Crippen LogP contribution is 2.09. The number of carbonyl (C=O) groups excluding carboxylic acids is 1. The summed E-state index contributed by atoms with van der Waals surface area (Å²) in [4.78, 5) is 10.6. The minimum Gasteiger partial charge on any atom is -0.384 e. The van der Waals surface area contributed by atoms with E-state index in [1.54, 1.807) is 0 Å². The number of carbonyl (C=O) groups is 1. The van der Waals surface area contributed by atoms with Gasteiger partial charge in [-0.2, -0.15) is 0 Å². The first kappa shape index (κ1) is 7.69. The van der Waals surface area contributed by atoms with Crippen molar-refractivity contribution >= 4 is 5.78 Å². The molecule has 0 aromatic heterocycles. The minimum atomic E-state index is -0.789. The number of Topliss-reactive ketones (excluding diaryl/α,β-unsaturated/α-hetero) is 1. The lowest BCUT2D eigenvalue weighted by molar-refractivity contribution is -0.126.